The highest BCUT2D eigenvalue weighted by Crippen LogP contribution is 2.21. The fraction of sp³-hybridized carbons (Fsp3) is 0.222. The Morgan fingerprint density at radius 3 is 2.46 bits per heavy atom. The molecule has 0 saturated carbocycles. The lowest BCUT2D eigenvalue weighted by Crippen LogP contribution is -2.23. The number of halogens is 1. The molecule has 0 saturated heterocycles. The fourth-order valence-electron chi connectivity index (χ4n) is 2.02. The lowest BCUT2D eigenvalue weighted by atomic mass is 10.2. The molecule has 2 aromatic carbocycles. The van der Waals surface area contributed by atoms with Gasteiger partial charge < -0.3 is 15.4 Å². The van der Waals surface area contributed by atoms with E-state index in [0.717, 1.165) is 5.56 Å². The monoisotopic (exact) mass is 346 g/mol. The summed E-state index contributed by atoms with van der Waals surface area (Å²) in [5.74, 6) is 0.156. The number of ether oxygens (including phenoxy) is 1. The summed E-state index contributed by atoms with van der Waals surface area (Å²) in [7, 11) is 0. The summed E-state index contributed by atoms with van der Waals surface area (Å²) in [6.45, 7) is 4.18. The maximum absolute atomic E-state index is 11.9. The normalized spacial score (nSPS) is 10.1. The molecular weight excluding hydrogens is 328 g/mol. The van der Waals surface area contributed by atoms with Gasteiger partial charge in [-0.1, -0.05) is 11.6 Å². The number of carbonyl (C=O) groups excluding carboxylic acids is 2. The summed E-state index contributed by atoms with van der Waals surface area (Å²) in [4.78, 5) is 23.6. The molecular formula is C18H19ClN2O3. The highest BCUT2D eigenvalue weighted by Gasteiger charge is 2.07. The van der Waals surface area contributed by atoms with E-state index >= 15 is 0 Å². The van der Waals surface area contributed by atoms with Crippen molar-refractivity contribution in [2.75, 3.05) is 18.5 Å². The third kappa shape index (κ3) is 4.99. The number of aryl methyl sites for hydroxylation is 1. The number of anilines is 1. The van der Waals surface area contributed by atoms with Crippen molar-refractivity contribution in [3.63, 3.8) is 0 Å². The lowest BCUT2D eigenvalue weighted by Gasteiger charge is -2.09. The zero-order valence-corrected chi connectivity index (χ0v) is 14.3. The number of nitrogens with one attached hydrogen (secondary N) is 2. The molecule has 24 heavy (non-hydrogen) atoms. The second-order valence-electron chi connectivity index (χ2n) is 5.18. The van der Waals surface area contributed by atoms with Crippen LogP contribution in [0.4, 0.5) is 5.69 Å². The predicted octanol–water partition coefficient (Wildman–Crippen LogP) is 3.42. The number of hydrogen-bond acceptors (Lipinski definition) is 3. The van der Waals surface area contributed by atoms with Crippen LogP contribution in [0, 0.1) is 6.92 Å². The molecule has 126 valence electrons. The van der Waals surface area contributed by atoms with Gasteiger partial charge in [-0.15, -0.1) is 0 Å². The van der Waals surface area contributed by atoms with Gasteiger partial charge in [0.05, 0.1) is 0 Å². The van der Waals surface area contributed by atoms with Crippen LogP contribution in [0.5, 0.6) is 5.75 Å². The van der Waals surface area contributed by atoms with Crippen molar-refractivity contribution in [2.45, 2.75) is 13.8 Å². The summed E-state index contributed by atoms with van der Waals surface area (Å²) in [5, 5.41) is 6.08. The smallest absolute Gasteiger partial charge is 0.262 e. The van der Waals surface area contributed by atoms with Crippen molar-refractivity contribution in [3.05, 3.63) is 58.6 Å². The lowest BCUT2D eigenvalue weighted by molar-refractivity contribution is -0.118. The predicted molar refractivity (Wildman–Crippen MR) is 94.8 cm³/mol. The van der Waals surface area contributed by atoms with Gasteiger partial charge in [0.15, 0.2) is 6.61 Å². The average molecular weight is 347 g/mol. The molecule has 0 aliphatic heterocycles. The molecule has 0 bridgehead atoms. The van der Waals surface area contributed by atoms with E-state index in [4.69, 9.17) is 16.3 Å². The second kappa shape index (κ2) is 8.36. The first kappa shape index (κ1) is 17.8. The molecule has 2 aromatic rings. The van der Waals surface area contributed by atoms with Gasteiger partial charge >= 0.3 is 0 Å². The van der Waals surface area contributed by atoms with Gasteiger partial charge in [0.1, 0.15) is 5.75 Å². The topological polar surface area (TPSA) is 67.4 Å². The molecule has 0 fully saturated rings. The molecule has 0 aliphatic carbocycles. The molecule has 5 nitrogen and oxygen atoms in total. The Balaban J connectivity index is 1.87. The van der Waals surface area contributed by atoms with Gasteiger partial charge in [0, 0.05) is 22.8 Å². The van der Waals surface area contributed by atoms with E-state index in [1.807, 2.05) is 13.8 Å². The molecule has 2 N–H and O–H groups in total. The van der Waals surface area contributed by atoms with E-state index in [-0.39, 0.29) is 18.4 Å². The van der Waals surface area contributed by atoms with Gasteiger partial charge in [0.25, 0.3) is 11.8 Å². The molecule has 0 atom stereocenters. The summed E-state index contributed by atoms with van der Waals surface area (Å²) >= 11 is 5.94. The standard InChI is InChI=1S/C18H19ClN2O3/c1-3-20-18(23)13-4-6-14(7-5-13)21-17(22)11-24-15-8-9-16(19)12(2)10-15/h4-10H,3,11H2,1-2H3,(H,20,23)(H,21,22). The van der Waals surface area contributed by atoms with Crippen molar-refractivity contribution in [2.24, 2.45) is 0 Å². The third-order valence-electron chi connectivity index (χ3n) is 3.27. The minimum Gasteiger partial charge on any atom is -0.484 e. The van der Waals surface area contributed by atoms with Crippen molar-refractivity contribution < 1.29 is 14.3 Å². The molecule has 2 rings (SSSR count). The molecule has 0 aromatic heterocycles. The van der Waals surface area contributed by atoms with Crippen molar-refractivity contribution >= 4 is 29.1 Å². The SMILES string of the molecule is CCNC(=O)c1ccc(NC(=O)COc2ccc(Cl)c(C)c2)cc1. The first-order valence-corrected chi connectivity index (χ1v) is 7.94. The van der Waals surface area contributed by atoms with Gasteiger partial charge in [-0.2, -0.15) is 0 Å². The fourth-order valence-corrected chi connectivity index (χ4v) is 2.14. The van der Waals surface area contributed by atoms with Gasteiger partial charge in [-0.3, -0.25) is 9.59 Å². The number of benzene rings is 2. The van der Waals surface area contributed by atoms with Gasteiger partial charge in [-0.05, 0) is 61.9 Å². The van der Waals surface area contributed by atoms with Crippen LogP contribution in [0.25, 0.3) is 0 Å². The van der Waals surface area contributed by atoms with Crippen LogP contribution in [0.3, 0.4) is 0 Å². The summed E-state index contributed by atoms with van der Waals surface area (Å²) in [5.41, 5.74) is 2.03. The van der Waals surface area contributed by atoms with Crippen molar-refractivity contribution in [1.82, 2.24) is 5.32 Å². The van der Waals surface area contributed by atoms with E-state index < -0.39 is 0 Å². The van der Waals surface area contributed by atoms with Gasteiger partial charge in [0.2, 0.25) is 0 Å². The molecule has 0 unspecified atom stereocenters. The van der Waals surface area contributed by atoms with Crippen LogP contribution < -0.4 is 15.4 Å². The van der Waals surface area contributed by atoms with Crippen molar-refractivity contribution in [1.29, 1.82) is 0 Å². The van der Waals surface area contributed by atoms with E-state index in [0.29, 0.717) is 28.6 Å². The van der Waals surface area contributed by atoms with E-state index in [9.17, 15) is 9.59 Å². The molecule has 0 aliphatic rings. The maximum atomic E-state index is 11.9. The van der Waals surface area contributed by atoms with E-state index in [2.05, 4.69) is 10.6 Å². The van der Waals surface area contributed by atoms with E-state index in [1.165, 1.54) is 0 Å². The maximum Gasteiger partial charge on any atom is 0.262 e. The molecule has 0 spiro atoms. The molecule has 6 heteroatoms. The second-order valence-corrected chi connectivity index (χ2v) is 5.59. The Morgan fingerprint density at radius 2 is 1.83 bits per heavy atom. The zero-order valence-electron chi connectivity index (χ0n) is 13.6. The Bertz CT molecular complexity index is 730. The largest absolute Gasteiger partial charge is 0.484 e. The number of rotatable bonds is 6. The van der Waals surface area contributed by atoms with Crippen LogP contribution in [-0.4, -0.2) is 25.0 Å². The zero-order chi connectivity index (χ0) is 17.5. The average Bonchev–Trinajstić information content (AvgIpc) is 2.57. The summed E-state index contributed by atoms with van der Waals surface area (Å²) < 4.78 is 5.43. The quantitative estimate of drug-likeness (QED) is 0.842. The summed E-state index contributed by atoms with van der Waals surface area (Å²) in [6, 6.07) is 11.9. The molecule has 0 radical (unpaired) electrons. The van der Waals surface area contributed by atoms with Crippen LogP contribution in [0.2, 0.25) is 5.02 Å². The minimum absolute atomic E-state index is 0.112. The number of amides is 2. The number of carbonyl (C=O) groups is 2. The molecule has 2 amide bonds. The summed E-state index contributed by atoms with van der Waals surface area (Å²) in [6.07, 6.45) is 0. The van der Waals surface area contributed by atoms with Crippen LogP contribution in [0.1, 0.15) is 22.8 Å². The Labute approximate surface area is 146 Å². The highest BCUT2D eigenvalue weighted by molar-refractivity contribution is 6.31. The van der Waals surface area contributed by atoms with Gasteiger partial charge in [-0.25, -0.2) is 0 Å². The first-order valence-electron chi connectivity index (χ1n) is 7.56. The van der Waals surface area contributed by atoms with Crippen LogP contribution >= 0.6 is 11.6 Å². The molecule has 0 heterocycles. The highest BCUT2D eigenvalue weighted by atomic mass is 35.5. The Morgan fingerprint density at radius 1 is 1.12 bits per heavy atom. The van der Waals surface area contributed by atoms with Crippen LogP contribution in [-0.2, 0) is 4.79 Å². The van der Waals surface area contributed by atoms with Crippen molar-refractivity contribution in [3.8, 4) is 5.75 Å². The Kier molecular flexibility index (Phi) is 6.21. The number of hydrogen-bond donors (Lipinski definition) is 2. The van der Waals surface area contributed by atoms with E-state index in [1.54, 1.807) is 42.5 Å². The minimum atomic E-state index is -0.284. The van der Waals surface area contributed by atoms with Crippen LogP contribution in [0.15, 0.2) is 42.5 Å². The third-order valence-corrected chi connectivity index (χ3v) is 3.69. The Hall–Kier alpha value is -2.53. The first-order chi connectivity index (χ1) is 11.5.